The summed E-state index contributed by atoms with van der Waals surface area (Å²) in [5.41, 5.74) is 0.700. The molecule has 0 radical (unpaired) electrons. The van der Waals surface area contributed by atoms with E-state index in [0.717, 1.165) is 6.42 Å². The Kier molecular flexibility index (Phi) is 5.84. The van der Waals surface area contributed by atoms with Crippen LogP contribution in [-0.2, 0) is 11.3 Å². The summed E-state index contributed by atoms with van der Waals surface area (Å²) in [7, 11) is 0. The quantitative estimate of drug-likeness (QED) is 0.486. The molecule has 0 aromatic carbocycles. The molecule has 0 atom stereocenters. The second-order valence-corrected chi connectivity index (χ2v) is 5.25. The number of rotatable bonds is 4. The normalized spacial score (nSPS) is 10.6. The number of hydrogen-bond acceptors (Lipinski definition) is 9. The number of aromatic nitrogens is 8. The van der Waals surface area contributed by atoms with Crippen LogP contribution >= 0.6 is 0 Å². The summed E-state index contributed by atoms with van der Waals surface area (Å²) in [4.78, 5) is 51.1. The largest absolute Gasteiger partial charge is 0.374 e. The van der Waals surface area contributed by atoms with Crippen molar-refractivity contribution in [3.63, 3.8) is 0 Å². The summed E-state index contributed by atoms with van der Waals surface area (Å²) in [6.45, 7) is 2.94. The van der Waals surface area contributed by atoms with Crippen LogP contribution in [0.3, 0.4) is 0 Å². The Balaban J connectivity index is 0.000000166. The van der Waals surface area contributed by atoms with Crippen molar-refractivity contribution < 1.29 is 4.74 Å². The Morgan fingerprint density at radius 1 is 0.889 bits per heavy atom. The minimum absolute atomic E-state index is 0.252. The van der Waals surface area contributed by atoms with Crippen LogP contribution in [0.4, 0.5) is 0 Å². The van der Waals surface area contributed by atoms with Crippen molar-refractivity contribution in [2.75, 3.05) is 6.61 Å². The molecular weight excluding hydrogens is 352 g/mol. The molecule has 0 aliphatic heterocycles. The lowest BCUT2D eigenvalue weighted by atomic mass is 10.5. The van der Waals surface area contributed by atoms with Gasteiger partial charge in [-0.15, -0.1) is 0 Å². The number of nitrogens with zero attached hydrogens (tertiary/aromatic N) is 6. The van der Waals surface area contributed by atoms with E-state index in [0.29, 0.717) is 23.7 Å². The molecular formula is C16H16N8O3. The van der Waals surface area contributed by atoms with E-state index >= 15 is 0 Å². The molecule has 4 aromatic heterocycles. The molecule has 0 saturated carbocycles. The third-order valence-electron chi connectivity index (χ3n) is 3.26. The average Bonchev–Trinajstić information content (AvgIpc) is 2.69. The maximum Gasteiger partial charge on any atom is 0.279 e. The maximum absolute atomic E-state index is 11.6. The van der Waals surface area contributed by atoms with Crippen LogP contribution in [0.25, 0.3) is 22.3 Å². The first-order valence-corrected chi connectivity index (χ1v) is 8.11. The second-order valence-electron chi connectivity index (χ2n) is 5.25. The molecule has 0 saturated heterocycles. The molecule has 11 heteroatoms. The standard InChI is InChI=1S/C10H12N4O2.C6H4N4O/c1-2-5-16-6-7-13-9-8(10(15)14-7)11-3-4-12-9;11-6-4-5(9-3-10-6)8-2-1-7-4/h3-4H,2,5-6H2,1H3,(H,12,13,14,15);1-3H,(H,8,9,10,11). The van der Waals surface area contributed by atoms with Gasteiger partial charge in [0.05, 0.1) is 6.33 Å². The summed E-state index contributed by atoms with van der Waals surface area (Å²) < 4.78 is 5.29. The fourth-order valence-electron chi connectivity index (χ4n) is 2.11. The highest BCUT2D eigenvalue weighted by Crippen LogP contribution is 1.99. The Morgan fingerprint density at radius 3 is 2.26 bits per heavy atom. The second kappa shape index (κ2) is 8.67. The van der Waals surface area contributed by atoms with Crippen molar-refractivity contribution in [2.45, 2.75) is 20.0 Å². The van der Waals surface area contributed by atoms with E-state index in [9.17, 15) is 9.59 Å². The monoisotopic (exact) mass is 368 g/mol. The fraction of sp³-hybridized carbons (Fsp3) is 0.250. The molecule has 0 aliphatic carbocycles. The molecule has 138 valence electrons. The van der Waals surface area contributed by atoms with Gasteiger partial charge in [-0.2, -0.15) is 0 Å². The molecule has 0 spiro atoms. The molecule has 0 fully saturated rings. The summed E-state index contributed by atoms with van der Waals surface area (Å²) in [5, 5.41) is 0. The van der Waals surface area contributed by atoms with Gasteiger partial charge in [-0.05, 0) is 6.42 Å². The smallest absolute Gasteiger partial charge is 0.279 e. The van der Waals surface area contributed by atoms with Crippen LogP contribution in [-0.4, -0.2) is 46.5 Å². The van der Waals surface area contributed by atoms with Crippen LogP contribution in [0.5, 0.6) is 0 Å². The van der Waals surface area contributed by atoms with Crippen molar-refractivity contribution in [3.05, 3.63) is 57.6 Å². The van der Waals surface area contributed by atoms with E-state index in [2.05, 4.69) is 39.9 Å². The molecule has 27 heavy (non-hydrogen) atoms. The lowest BCUT2D eigenvalue weighted by Crippen LogP contribution is -2.14. The number of ether oxygens (including phenoxy) is 1. The molecule has 0 unspecified atom stereocenters. The highest BCUT2D eigenvalue weighted by Gasteiger charge is 2.05. The zero-order valence-corrected chi connectivity index (χ0v) is 14.4. The molecule has 4 heterocycles. The van der Waals surface area contributed by atoms with Crippen LogP contribution in [0, 0.1) is 0 Å². The van der Waals surface area contributed by atoms with Gasteiger partial charge in [0.25, 0.3) is 11.1 Å². The van der Waals surface area contributed by atoms with Gasteiger partial charge in [0, 0.05) is 31.4 Å². The van der Waals surface area contributed by atoms with Gasteiger partial charge in [0.2, 0.25) is 0 Å². The Morgan fingerprint density at radius 2 is 1.56 bits per heavy atom. The van der Waals surface area contributed by atoms with Crippen molar-refractivity contribution in [2.24, 2.45) is 0 Å². The zero-order valence-electron chi connectivity index (χ0n) is 14.4. The molecule has 2 N–H and O–H groups in total. The van der Waals surface area contributed by atoms with E-state index in [1.807, 2.05) is 6.92 Å². The molecule has 0 aliphatic rings. The van der Waals surface area contributed by atoms with Crippen molar-refractivity contribution >= 4 is 22.3 Å². The first kappa shape index (κ1) is 18.2. The predicted octanol–water partition coefficient (Wildman–Crippen LogP) is 0.353. The average molecular weight is 368 g/mol. The third kappa shape index (κ3) is 4.52. The van der Waals surface area contributed by atoms with Gasteiger partial charge in [-0.3, -0.25) is 9.59 Å². The van der Waals surface area contributed by atoms with Crippen LogP contribution in [0.1, 0.15) is 19.2 Å². The minimum atomic E-state index is -0.284. The lowest BCUT2D eigenvalue weighted by Gasteiger charge is -2.02. The third-order valence-corrected chi connectivity index (χ3v) is 3.26. The van der Waals surface area contributed by atoms with Crippen molar-refractivity contribution in [3.8, 4) is 0 Å². The Labute approximate surface area is 152 Å². The highest BCUT2D eigenvalue weighted by molar-refractivity contribution is 5.67. The fourth-order valence-corrected chi connectivity index (χ4v) is 2.11. The van der Waals surface area contributed by atoms with E-state index in [1.165, 1.54) is 31.1 Å². The molecule has 4 rings (SSSR count). The van der Waals surface area contributed by atoms with E-state index in [-0.39, 0.29) is 28.8 Å². The number of hydrogen-bond donors (Lipinski definition) is 2. The van der Waals surface area contributed by atoms with Gasteiger partial charge < -0.3 is 14.7 Å². The summed E-state index contributed by atoms with van der Waals surface area (Å²) in [6, 6.07) is 0. The van der Waals surface area contributed by atoms with Crippen LogP contribution in [0.2, 0.25) is 0 Å². The Bertz CT molecular complexity index is 1150. The first-order valence-electron chi connectivity index (χ1n) is 8.11. The summed E-state index contributed by atoms with van der Waals surface area (Å²) in [6.07, 6.45) is 8.16. The van der Waals surface area contributed by atoms with Crippen molar-refractivity contribution in [1.29, 1.82) is 0 Å². The summed E-state index contributed by atoms with van der Waals surface area (Å²) >= 11 is 0. The number of H-pyrrole nitrogens is 2. The van der Waals surface area contributed by atoms with Gasteiger partial charge >= 0.3 is 0 Å². The summed E-state index contributed by atoms with van der Waals surface area (Å²) in [5.74, 6) is 0.478. The molecule has 4 aromatic rings. The van der Waals surface area contributed by atoms with E-state index < -0.39 is 0 Å². The predicted molar refractivity (Wildman–Crippen MR) is 95.9 cm³/mol. The first-order chi connectivity index (χ1) is 13.2. The molecule has 0 bridgehead atoms. The van der Waals surface area contributed by atoms with Gasteiger partial charge in [-0.1, -0.05) is 6.92 Å². The topological polar surface area (TPSA) is 152 Å². The van der Waals surface area contributed by atoms with E-state index in [4.69, 9.17) is 4.74 Å². The van der Waals surface area contributed by atoms with Crippen LogP contribution in [0.15, 0.2) is 40.7 Å². The van der Waals surface area contributed by atoms with Gasteiger partial charge in [-0.25, -0.2) is 29.9 Å². The van der Waals surface area contributed by atoms with Gasteiger partial charge in [0.15, 0.2) is 22.3 Å². The van der Waals surface area contributed by atoms with E-state index in [1.54, 1.807) is 0 Å². The maximum atomic E-state index is 11.6. The number of fused-ring (bicyclic) bond motifs is 2. The SMILES string of the molecule is CCCOCc1nc2nccnc2c(=O)[nH]1.O=c1[nH]cnc2nccnc12. The molecule has 0 amide bonds. The Hall–Kier alpha value is -3.60. The highest BCUT2D eigenvalue weighted by atomic mass is 16.5. The molecule has 11 nitrogen and oxygen atoms in total. The van der Waals surface area contributed by atoms with Crippen LogP contribution < -0.4 is 11.1 Å². The number of aromatic amines is 2. The lowest BCUT2D eigenvalue weighted by molar-refractivity contribution is 0.116. The zero-order chi connectivity index (χ0) is 19.1. The minimum Gasteiger partial charge on any atom is -0.374 e. The van der Waals surface area contributed by atoms with Gasteiger partial charge in [0.1, 0.15) is 12.4 Å². The number of nitrogens with one attached hydrogen (secondary N) is 2. The van der Waals surface area contributed by atoms with Crippen molar-refractivity contribution in [1.82, 2.24) is 39.9 Å².